The van der Waals surface area contributed by atoms with Gasteiger partial charge in [-0.15, -0.1) is 0 Å². The van der Waals surface area contributed by atoms with Gasteiger partial charge in [0.1, 0.15) is 5.75 Å². The fraction of sp³-hybridized carbons (Fsp3) is 0.500. The van der Waals surface area contributed by atoms with E-state index in [1.807, 2.05) is 0 Å². The predicted molar refractivity (Wildman–Crippen MR) is 75.9 cm³/mol. The van der Waals surface area contributed by atoms with Crippen molar-refractivity contribution in [2.75, 3.05) is 25.6 Å². The number of nitrogens with one attached hydrogen (secondary N) is 1. The van der Waals surface area contributed by atoms with Crippen molar-refractivity contribution < 1.29 is 27.8 Å². The van der Waals surface area contributed by atoms with Gasteiger partial charge in [0, 0.05) is 7.05 Å². The number of halogens is 3. The maximum Gasteiger partial charge on any atom is 0.418 e. The van der Waals surface area contributed by atoms with Gasteiger partial charge in [0.25, 0.3) is 0 Å². The van der Waals surface area contributed by atoms with Gasteiger partial charge in [-0.2, -0.15) is 13.2 Å². The Labute approximate surface area is 126 Å². The summed E-state index contributed by atoms with van der Waals surface area (Å²) in [5, 5.41) is 11.2. The Morgan fingerprint density at radius 3 is 2.59 bits per heavy atom. The lowest BCUT2D eigenvalue weighted by Crippen LogP contribution is -2.40. The molecule has 0 fully saturated rings. The largest absolute Gasteiger partial charge is 0.494 e. The zero-order chi connectivity index (χ0) is 16.9. The first kappa shape index (κ1) is 18.1. The third-order valence-electron chi connectivity index (χ3n) is 3.09. The molecule has 1 atom stereocenters. The number of aliphatic hydroxyl groups excluding tert-OH is 1. The molecule has 2 N–H and O–H groups in total. The maximum absolute atomic E-state index is 13.1. The summed E-state index contributed by atoms with van der Waals surface area (Å²) in [4.78, 5) is 13.0. The average molecular weight is 320 g/mol. The number of aliphatic hydroxyl groups is 1. The van der Waals surface area contributed by atoms with Gasteiger partial charge in [-0.25, -0.2) is 4.79 Å². The third-order valence-corrected chi connectivity index (χ3v) is 3.09. The summed E-state index contributed by atoms with van der Waals surface area (Å²) < 4.78 is 44.3. The molecule has 8 heteroatoms. The number of hydrogen-bond donors (Lipinski definition) is 2. The van der Waals surface area contributed by atoms with Gasteiger partial charge < -0.3 is 20.1 Å². The highest BCUT2D eigenvalue weighted by atomic mass is 19.4. The lowest BCUT2D eigenvalue weighted by Gasteiger charge is -2.24. The number of rotatable bonds is 5. The lowest BCUT2D eigenvalue weighted by atomic mass is 10.1. The van der Waals surface area contributed by atoms with E-state index in [4.69, 9.17) is 9.84 Å². The standard InChI is InChI=1S/C14H19F3N2O3/c1-4-22-10-5-6-12(11(7-10)14(15,16)17)18-13(21)19(3)9(2)8-20/h5-7,9,20H,4,8H2,1-3H3,(H,18,21). The molecule has 0 saturated heterocycles. The van der Waals surface area contributed by atoms with Crippen molar-refractivity contribution in [2.45, 2.75) is 26.1 Å². The summed E-state index contributed by atoms with van der Waals surface area (Å²) in [5.41, 5.74) is -1.35. The summed E-state index contributed by atoms with van der Waals surface area (Å²) in [6.45, 7) is 3.18. The average Bonchev–Trinajstić information content (AvgIpc) is 2.46. The van der Waals surface area contributed by atoms with Crippen molar-refractivity contribution in [3.05, 3.63) is 23.8 Å². The number of carbonyl (C=O) groups excluding carboxylic acids is 1. The Balaban J connectivity index is 3.06. The molecule has 0 aliphatic heterocycles. The molecule has 0 aliphatic carbocycles. The second kappa shape index (κ2) is 7.35. The zero-order valence-corrected chi connectivity index (χ0v) is 12.6. The fourth-order valence-corrected chi connectivity index (χ4v) is 1.65. The Bertz CT molecular complexity index is 521. The minimum atomic E-state index is -4.63. The predicted octanol–water partition coefficient (Wildman–Crippen LogP) is 2.95. The van der Waals surface area contributed by atoms with Gasteiger partial charge in [0.2, 0.25) is 0 Å². The SMILES string of the molecule is CCOc1ccc(NC(=O)N(C)C(C)CO)c(C(F)(F)F)c1. The van der Waals surface area contributed by atoms with Gasteiger partial charge in [-0.05, 0) is 32.0 Å². The summed E-state index contributed by atoms with van der Waals surface area (Å²) in [5.74, 6) is 0.0740. The zero-order valence-electron chi connectivity index (χ0n) is 12.6. The van der Waals surface area contributed by atoms with Crippen LogP contribution in [-0.2, 0) is 6.18 Å². The molecule has 1 aromatic rings. The van der Waals surface area contributed by atoms with Crippen LogP contribution in [0.5, 0.6) is 5.75 Å². The summed E-state index contributed by atoms with van der Waals surface area (Å²) in [7, 11) is 1.39. The molecule has 1 rings (SSSR count). The highest BCUT2D eigenvalue weighted by Crippen LogP contribution is 2.37. The molecular formula is C14H19F3N2O3. The number of benzene rings is 1. The van der Waals surface area contributed by atoms with Crippen molar-refractivity contribution >= 4 is 11.7 Å². The number of ether oxygens (including phenoxy) is 1. The van der Waals surface area contributed by atoms with Crippen LogP contribution in [0.3, 0.4) is 0 Å². The second-order valence-electron chi connectivity index (χ2n) is 4.71. The lowest BCUT2D eigenvalue weighted by molar-refractivity contribution is -0.137. The first-order chi connectivity index (χ1) is 10.2. The number of anilines is 1. The van der Waals surface area contributed by atoms with Crippen LogP contribution in [0.1, 0.15) is 19.4 Å². The van der Waals surface area contributed by atoms with Crippen molar-refractivity contribution in [2.24, 2.45) is 0 Å². The van der Waals surface area contributed by atoms with Crippen LogP contribution in [0.25, 0.3) is 0 Å². The van der Waals surface area contributed by atoms with E-state index >= 15 is 0 Å². The molecule has 0 spiro atoms. The van der Waals surface area contributed by atoms with Crippen LogP contribution < -0.4 is 10.1 Å². The van der Waals surface area contributed by atoms with Crippen LogP contribution in [0.4, 0.5) is 23.7 Å². The quantitative estimate of drug-likeness (QED) is 0.877. The number of nitrogens with zero attached hydrogens (tertiary/aromatic N) is 1. The Kier molecular flexibility index (Phi) is 6.04. The smallest absolute Gasteiger partial charge is 0.418 e. The fourth-order valence-electron chi connectivity index (χ4n) is 1.65. The van der Waals surface area contributed by atoms with E-state index in [0.29, 0.717) is 0 Å². The number of likely N-dealkylation sites (N-methyl/N-ethyl adjacent to an activating group) is 1. The maximum atomic E-state index is 13.1. The molecule has 124 valence electrons. The van der Waals surface area contributed by atoms with Crippen LogP contribution in [0.2, 0.25) is 0 Å². The minimum Gasteiger partial charge on any atom is -0.494 e. The molecule has 22 heavy (non-hydrogen) atoms. The minimum absolute atomic E-state index is 0.0740. The van der Waals surface area contributed by atoms with Crippen molar-refractivity contribution in [1.29, 1.82) is 0 Å². The van der Waals surface area contributed by atoms with E-state index in [1.165, 1.54) is 13.1 Å². The Morgan fingerprint density at radius 1 is 1.45 bits per heavy atom. The summed E-state index contributed by atoms with van der Waals surface area (Å²) in [6.07, 6.45) is -4.63. The van der Waals surface area contributed by atoms with Gasteiger partial charge in [0.15, 0.2) is 0 Å². The Morgan fingerprint density at radius 2 is 2.09 bits per heavy atom. The van der Waals surface area contributed by atoms with Gasteiger partial charge >= 0.3 is 12.2 Å². The molecule has 0 bridgehead atoms. The highest BCUT2D eigenvalue weighted by molar-refractivity contribution is 5.90. The van der Waals surface area contributed by atoms with E-state index < -0.39 is 23.8 Å². The van der Waals surface area contributed by atoms with Crippen LogP contribution >= 0.6 is 0 Å². The molecule has 5 nitrogen and oxygen atoms in total. The number of amides is 2. The number of hydrogen-bond acceptors (Lipinski definition) is 3. The highest BCUT2D eigenvalue weighted by Gasteiger charge is 2.35. The van der Waals surface area contributed by atoms with E-state index in [2.05, 4.69) is 5.32 Å². The molecular weight excluding hydrogens is 301 g/mol. The van der Waals surface area contributed by atoms with Crippen LogP contribution in [0, 0.1) is 0 Å². The van der Waals surface area contributed by atoms with Crippen LogP contribution in [-0.4, -0.2) is 42.3 Å². The van der Waals surface area contributed by atoms with Gasteiger partial charge in [-0.3, -0.25) is 0 Å². The molecule has 0 saturated carbocycles. The van der Waals surface area contributed by atoms with Crippen molar-refractivity contribution in [3.8, 4) is 5.75 Å². The van der Waals surface area contributed by atoms with Crippen molar-refractivity contribution in [1.82, 2.24) is 4.90 Å². The topological polar surface area (TPSA) is 61.8 Å². The van der Waals surface area contributed by atoms with E-state index in [0.717, 1.165) is 17.0 Å². The summed E-state index contributed by atoms with van der Waals surface area (Å²) >= 11 is 0. The number of carbonyl (C=O) groups is 1. The van der Waals surface area contributed by atoms with E-state index in [1.54, 1.807) is 13.8 Å². The second-order valence-corrected chi connectivity index (χ2v) is 4.71. The van der Waals surface area contributed by atoms with Crippen molar-refractivity contribution in [3.63, 3.8) is 0 Å². The summed E-state index contributed by atoms with van der Waals surface area (Å²) in [6, 6.07) is 2.08. The number of urea groups is 1. The van der Waals surface area contributed by atoms with E-state index in [-0.39, 0.29) is 24.7 Å². The van der Waals surface area contributed by atoms with Gasteiger partial charge in [0.05, 0.1) is 30.5 Å². The van der Waals surface area contributed by atoms with Gasteiger partial charge in [-0.1, -0.05) is 0 Å². The molecule has 1 unspecified atom stereocenters. The molecule has 1 aromatic carbocycles. The first-order valence-corrected chi connectivity index (χ1v) is 6.69. The van der Waals surface area contributed by atoms with E-state index in [9.17, 15) is 18.0 Å². The molecule has 2 amide bonds. The molecule has 0 heterocycles. The third kappa shape index (κ3) is 4.52. The Hall–Kier alpha value is -1.96. The molecule has 0 aromatic heterocycles. The first-order valence-electron chi connectivity index (χ1n) is 6.69. The number of alkyl halides is 3. The molecule has 0 radical (unpaired) electrons. The molecule has 0 aliphatic rings. The normalized spacial score (nSPS) is 12.7. The monoisotopic (exact) mass is 320 g/mol. The van der Waals surface area contributed by atoms with Crippen LogP contribution in [0.15, 0.2) is 18.2 Å².